The SMILES string of the molecule is C/C=C/COc1cc(C)c(OCC#CCOc2ccc(/C(CC)=N\OC)cc2)c(C)c1. The Morgan fingerprint density at radius 2 is 1.58 bits per heavy atom. The molecule has 0 heterocycles. The zero-order valence-electron chi connectivity index (χ0n) is 19.0. The number of rotatable bonds is 10. The van der Waals surface area contributed by atoms with Crippen LogP contribution in [-0.4, -0.2) is 32.6 Å². The van der Waals surface area contributed by atoms with Gasteiger partial charge in [-0.3, -0.25) is 0 Å². The summed E-state index contributed by atoms with van der Waals surface area (Å²) in [6, 6.07) is 11.7. The molecule has 5 nitrogen and oxygen atoms in total. The quantitative estimate of drug-likeness (QED) is 0.221. The molecule has 2 aromatic carbocycles. The van der Waals surface area contributed by atoms with Crippen molar-refractivity contribution < 1.29 is 19.0 Å². The van der Waals surface area contributed by atoms with E-state index in [0.717, 1.165) is 46.1 Å². The lowest BCUT2D eigenvalue weighted by molar-refractivity contribution is 0.213. The molecule has 0 saturated heterocycles. The van der Waals surface area contributed by atoms with Crippen molar-refractivity contribution >= 4 is 5.71 Å². The summed E-state index contributed by atoms with van der Waals surface area (Å²) in [6.07, 6.45) is 4.73. The van der Waals surface area contributed by atoms with Crippen LogP contribution in [0.2, 0.25) is 0 Å². The van der Waals surface area contributed by atoms with Crippen LogP contribution in [0.15, 0.2) is 53.7 Å². The lowest BCUT2D eigenvalue weighted by atomic mass is 10.1. The molecule has 0 bridgehead atoms. The fourth-order valence-corrected chi connectivity index (χ4v) is 2.97. The normalized spacial score (nSPS) is 11.1. The highest BCUT2D eigenvalue weighted by molar-refractivity contribution is 6.00. The Hall–Kier alpha value is -3.39. The summed E-state index contributed by atoms with van der Waals surface area (Å²) in [5.74, 6) is 8.42. The van der Waals surface area contributed by atoms with Gasteiger partial charge in [0, 0.05) is 0 Å². The molecule has 5 heteroatoms. The third-order valence-corrected chi connectivity index (χ3v) is 4.46. The Morgan fingerprint density at radius 3 is 2.16 bits per heavy atom. The van der Waals surface area contributed by atoms with Gasteiger partial charge in [-0.15, -0.1) is 0 Å². The summed E-state index contributed by atoms with van der Waals surface area (Å²) in [6.45, 7) is 9.18. The van der Waals surface area contributed by atoms with Crippen LogP contribution in [0.5, 0.6) is 17.2 Å². The molecule has 31 heavy (non-hydrogen) atoms. The minimum atomic E-state index is 0.297. The third-order valence-electron chi connectivity index (χ3n) is 4.46. The van der Waals surface area contributed by atoms with Gasteiger partial charge in [-0.2, -0.15) is 0 Å². The Bertz CT molecular complexity index is 927. The van der Waals surface area contributed by atoms with E-state index < -0.39 is 0 Å². The number of hydrogen-bond acceptors (Lipinski definition) is 5. The third kappa shape index (κ3) is 7.75. The van der Waals surface area contributed by atoms with Crippen molar-refractivity contribution in [1.29, 1.82) is 0 Å². The van der Waals surface area contributed by atoms with Crippen molar-refractivity contribution in [3.05, 3.63) is 65.2 Å². The first-order valence-electron chi connectivity index (χ1n) is 10.4. The molecule has 0 aromatic heterocycles. The molecular weight excluding hydrogens is 390 g/mol. The summed E-state index contributed by atoms with van der Waals surface area (Å²) in [7, 11) is 1.55. The van der Waals surface area contributed by atoms with Gasteiger partial charge in [0.1, 0.15) is 44.2 Å². The second-order valence-electron chi connectivity index (χ2n) is 6.80. The maximum atomic E-state index is 5.85. The zero-order chi connectivity index (χ0) is 22.5. The zero-order valence-corrected chi connectivity index (χ0v) is 19.0. The van der Waals surface area contributed by atoms with E-state index in [4.69, 9.17) is 19.0 Å². The fourth-order valence-electron chi connectivity index (χ4n) is 2.97. The Labute approximate surface area is 185 Å². The van der Waals surface area contributed by atoms with Gasteiger partial charge >= 0.3 is 0 Å². The Balaban J connectivity index is 1.83. The molecular formula is C26H31NO4. The second kappa shape index (κ2) is 13.0. The minimum absolute atomic E-state index is 0.297. The van der Waals surface area contributed by atoms with E-state index in [1.54, 1.807) is 7.11 Å². The largest absolute Gasteiger partial charge is 0.490 e. The number of allylic oxidation sites excluding steroid dienone is 1. The van der Waals surface area contributed by atoms with E-state index in [1.807, 2.05) is 76.2 Å². The van der Waals surface area contributed by atoms with Gasteiger partial charge in [0.15, 0.2) is 0 Å². The molecule has 2 rings (SSSR count). The predicted molar refractivity (Wildman–Crippen MR) is 125 cm³/mol. The standard InChI is InChI=1S/C26H31NO4/c1-6-8-15-30-24-18-20(3)26(21(4)19-24)31-17-10-9-16-29-23-13-11-22(12-14-23)25(7-2)27-28-5/h6,8,11-14,18-19H,7,15-17H2,1-5H3/b8-6+,27-25-. The van der Waals surface area contributed by atoms with E-state index in [-0.39, 0.29) is 0 Å². The van der Waals surface area contributed by atoms with Gasteiger partial charge in [-0.25, -0.2) is 0 Å². The summed E-state index contributed by atoms with van der Waals surface area (Å²) < 4.78 is 17.2. The first-order valence-corrected chi connectivity index (χ1v) is 10.4. The van der Waals surface area contributed by atoms with Crippen molar-refractivity contribution in [3.8, 4) is 29.1 Å². The molecule has 0 unspecified atom stereocenters. The van der Waals surface area contributed by atoms with Gasteiger partial charge < -0.3 is 19.0 Å². The van der Waals surface area contributed by atoms with Crippen molar-refractivity contribution in [3.63, 3.8) is 0 Å². The molecule has 0 aliphatic rings. The monoisotopic (exact) mass is 421 g/mol. The van der Waals surface area contributed by atoms with Gasteiger partial charge in [0.2, 0.25) is 0 Å². The number of ether oxygens (including phenoxy) is 3. The van der Waals surface area contributed by atoms with Crippen LogP contribution in [0.1, 0.15) is 37.0 Å². The van der Waals surface area contributed by atoms with Crippen LogP contribution in [0, 0.1) is 25.7 Å². The topological polar surface area (TPSA) is 49.3 Å². The van der Waals surface area contributed by atoms with Crippen molar-refractivity contribution in [1.82, 2.24) is 0 Å². The highest BCUT2D eigenvalue weighted by Crippen LogP contribution is 2.28. The van der Waals surface area contributed by atoms with Crippen LogP contribution < -0.4 is 14.2 Å². The van der Waals surface area contributed by atoms with E-state index in [2.05, 4.69) is 17.0 Å². The number of oxime groups is 1. The van der Waals surface area contributed by atoms with Gasteiger partial charge in [-0.1, -0.05) is 36.1 Å². The summed E-state index contributed by atoms with van der Waals surface area (Å²) in [5.41, 5.74) is 3.96. The van der Waals surface area contributed by atoms with Crippen LogP contribution in [-0.2, 0) is 4.84 Å². The van der Waals surface area contributed by atoms with E-state index in [0.29, 0.717) is 19.8 Å². The van der Waals surface area contributed by atoms with Gasteiger partial charge in [0.25, 0.3) is 0 Å². The second-order valence-corrected chi connectivity index (χ2v) is 6.80. The van der Waals surface area contributed by atoms with Crippen LogP contribution in [0.25, 0.3) is 0 Å². The molecule has 2 aromatic rings. The highest BCUT2D eigenvalue weighted by Gasteiger charge is 2.07. The van der Waals surface area contributed by atoms with Crippen LogP contribution in [0.3, 0.4) is 0 Å². The minimum Gasteiger partial charge on any atom is -0.490 e. The lowest BCUT2D eigenvalue weighted by Gasteiger charge is -2.12. The molecule has 0 aliphatic carbocycles. The highest BCUT2D eigenvalue weighted by atomic mass is 16.6. The van der Waals surface area contributed by atoms with Crippen molar-refractivity contribution in [2.45, 2.75) is 34.1 Å². The molecule has 0 atom stereocenters. The summed E-state index contributed by atoms with van der Waals surface area (Å²) in [4.78, 5) is 4.87. The van der Waals surface area contributed by atoms with E-state index in [1.165, 1.54) is 0 Å². The lowest BCUT2D eigenvalue weighted by Crippen LogP contribution is -2.02. The van der Waals surface area contributed by atoms with Crippen LogP contribution in [0.4, 0.5) is 0 Å². The van der Waals surface area contributed by atoms with E-state index in [9.17, 15) is 0 Å². The first kappa shape index (κ1) is 23.9. The molecule has 0 N–H and O–H groups in total. The average Bonchev–Trinajstić information content (AvgIpc) is 2.76. The maximum Gasteiger partial charge on any atom is 0.149 e. The molecule has 0 spiro atoms. The smallest absolute Gasteiger partial charge is 0.149 e. The predicted octanol–water partition coefficient (Wildman–Crippen LogP) is 5.48. The number of nitrogens with zero attached hydrogens (tertiary/aromatic N) is 1. The van der Waals surface area contributed by atoms with Crippen LogP contribution >= 0.6 is 0 Å². The van der Waals surface area contributed by atoms with Crippen molar-refractivity contribution in [2.75, 3.05) is 26.9 Å². The number of benzene rings is 2. The molecule has 164 valence electrons. The molecule has 0 aliphatic heterocycles. The number of hydrogen-bond donors (Lipinski definition) is 0. The van der Waals surface area contributed by atoms with Crippen molar-refractivity contribution in [2.24, 2.45) is 5.16 Å². The maximum absolute atomic E-state index is 5.85. The molecule has 0 amide bonds. The summed E-state index contributed by atoms with van der Waals surface area (Å²) in [5, 5.41) is 4.03. The molecule has 0 fully saturated rings. The Morgan fingerprint density at radius 1 is 0.935 bits per heavy atom. The number of aryl methyl sites for hydroxylation is 2. The fraction of sp³-hybridized carbons (Fsp3) is 0.346. The Kier molecular flexibility index (Phi) is 10.0. The van der Waals surface area contributed by atoms with Gasteiger partial charge in [0.05, 0.1) is 5.71 Å². The molecule has 0 saturated carbocycles. The average molecular weight is 422 g/mol. The first-order chi connectivity index (χ1) is 15.1. The van der Waals surface area contributed by atoms with E-state index >= 15 is 0 Å². The van der Waals surface area contributed by atoms with Gasteiger partial charge in [-0.05, 0) is 80.3 Å². The molecule has 0 radical (unpaired) electrons. The summed E-state index contributed by atoms with van der Waals surface area (Å²) >= 11 is 0.